The Morgan fingerprint density at radius 2 is 1.19 bits per heavy atom. The zero-order valence-corrected chi connectivity index (χ0v) is 13.6. The fraction of sp³-hybridized carbons (Fsp3) is 0.789. The minimum absolute atomic E-state index is 0.396. The van der Waals surface area contributed by atoms with Crippen molar-refractivity contribution in [3.05, 3.63) is 25.3 Å². The summed E-state index contributed by atoms with van der Waals surface area (Å²) in [5.41, 5.74) is 12.5. The minimum atomic E-state index is 0.396. The lowest BCUT2D eigenvalue weighted by Gasteiger charge is -2.39. The van der Waals surface area contributed by atoms with Crippen molar-refractivity contribution in [1.29, 1.82) is 0 Å². The molecule has 2 heteroatoms. The van der Waals surface area contributed by atoms with Gasteiger partial charge in [-0.05, 0) is 81.5 Å². The molecule has 0 amide bonds. The second-order valence-electron chi connectivity index (χ2n) is 7.49. The van der Waals surface area contributed by atoms with Crippen molar-refractivity contribution in [2.24, 2.45) is 35.1 Å². The first-order valence-corrected chi connectivity index (χ1v) is 8.87. The molecule has 2 aliphatic carbocycles. The van der Waals surface area contributed by atoms with Gasteiger partial charge in [-0.3, -0.25) is 0 Å². The summed E-state index contributed by atoms with van der Waals surface area (Å²) in [5, 5.41) is 0. The van der Waals surface area contributed by atoms with Crippen LogP contribution in [0.3, 0.4) is 0 Å². The number of hydrogen-bond acceptors (Lipinski definition) is 2. The number of allylic oxidation sites excluding steroid dienone is 2. The molecule has 0 aromatic heterocycles. The molecule has 2 nitrogen and oxygen atoms in total. The van der Waals surface area contributed by atoms with Gasteiger partial charge in [0, 0.05) is 12.1 Å². The Morgan fingerprint density at radius 3 is 1.57 bits per heavy atom. The molecular formula is C19H34N2. The van der Waals surface area contributed by atoms with Crippen molar-refractivity contribution in [3.8, 4) is 0 Å². The summed E-state index contributed by atoms with van der Waals surface area (Å²) in [6.45, 7) is 7.78. The van der Waals surface area contributed by atoms with E-state index in [0.717, 1.165) is 24.7 Å². The molecule has 4 N–H and O–H groups in total. The number of nitrogens with two attached hydrogens (primary N) is 2. The molecular weight excluding hydrogens is 256 g/mol. The first kappa shape index (κ1) is 16.8. The average molecular weight is 290 g/mol. The van der Waals surface area contributed by atoms with Gasteiger partial charge in [-0.1, -0.05) is 12.2 Å². The second-order valence-corrected chi connectivity index (χ2v) is 7.49. The highest BCUT2D eigenvalue weighted by atomic mass is 14.7. The van der Waals surface area contributed by atoms with Crippen molar-refractivity contribution in [1.82, 2.24) is 0 Å². The average Bonchev–Trinajstić information content (AvgIpc) is 2.47. The van der Waals surface area contributed by atoms with Gasteiger partial charge in [-0.2, -0.15) is 0 Å². The fourth-order valence-corrected chi connectivity index (χ4v) is 4.64. The molecule has 0 aliphatic heterocycles. The molecule has 6 atom stereocenters. The Kier molecular flexibility index (Phi) is 6.50. The van der Waals surface area contributed by atoms with Crippen LogP contribution < -0.4 is 11.5 Å². The van der Waals surface area contributed by atoms with Gasteiger partial charge in [-0.25, -0.2) is 0 Å². The van der Waals surface area contributed by atoms with Crippen molar-refractivity contribution in [3.63, 3.8) is 0 Å². The summed E-state index contributed by atoms with van der Waals surface area (Å²) in [7, 11) is 0. The van der Waals surface area contributed by atoms with Crippen molar-refractivity contribution in [2.45, 2.75) is 69.9 Å². The maximum Gasteiger partial charge on any atom is 0.00703 e. The monoisotopic (exact) mass is 290 g/mol. The maximum atomic E-state index is 6.26. The Hall–Kier alpha value is -0.600. The molecule has 0 saturated heterocycles. The molecule has 21 heavy (non-hydrogen) atoms. The van der Waals surface area contributed by atoms with Crippen LogP contribution in [0.2, 0.25) is 0 Å². The molecule has 120 valence electrons. The summed E-state index contributed by atoms with van der Waals surface area (Å²) in [5.74, 6) is 3.07. The summed E-state index contributed by atoms with van der Waals surface area (Å²) in [6.07, 6.45) is 15.3. The minimum Gasteiger partial charge on any atom is -0.327 e. The second kappa shape index (κ2) is 8.14. The van der Waals surface area contributed by atoms with Crippen molar-refractivity contribution in [2.75, 3.05) is 0 Å². The van der Waals surface area contributed by atoms with E-state index >= 15 is 0 Å². The SMILES string of the molecule is C=CCC1CC(CC2CCC(N)C(CC=C)C2)CCC1N. The number of rotatable bonds is 6. The van der Waals surface area contributed by atoms with E-state index in [4.69, 9.17) is 11.5 Å². The molecule has 0 bridgehead atoms. The molecule has 2 fully saturated rings. The normalized spacial score (nSPS) is 40.7. The summed E-state index contributed by atoms with van der Waals surface area (Å²) in [6, 6.07) is 0.792. The van der Waals surface area contributed by atoms with E-state index in [2.05, 4.69) is 13.2 Å². The van der Waals surface area contributed by atoms with E-state index in [0.29, 0.717) is 23.9 Å². The van der Waals surface area contributed by atoms with Crippen LogP contribution >= 0.6 is 0 Å². The molecule has 2 saturated carbocycles. The lowest BCUT2D eigenvalue weighted by Crippen LogP contribution is -2.38. The molecule has 0 radical (unpaired) electrons. The lowest BCUT2D eigenvalue weighted by molar-refractivity contribution is 0.159. The predicted octanol–water partition coefficient (Wildman–Crippen LogP) is 4.02. The van der Waals surface area contributed by atoms with E-state index in [1.54, 1.807) is 0 Å². The van der Waals surface area contributed by atoms with Crippen LogP contribution in [-0.2, 0) is 0 Å². The van der Waals surface area contributed by atoms with Gasteiger partial charge in [-0.15, -0.1) is 13.2 Å². The van der Waals surface area contributed by atoms with Crippen LogP contribution in [-0.4, -0.2) is 12.1 Å². The largest absolute Gasteiger partial charge is 0.327 e. The zero-order chi connectivity index (χ0) is 15.2. The summed E-state index contributed by atoms with van der Waals surface area (Å²) < 4.78 is 0. The zero-order valence-electron chi connectivity index (χ0n) is 13.6. The van der Waals surface area contributed by atoms with Crippen LogP contribution in [0.4, 0.5) is 0 Å². The van der Waals surface area contributed by atoms with Gasteiger partial charge in [0.2, 0.25) is 0 Å². The Morgan fingerprint density at radius 1 is 0.762 bits per heavy atom. The molecule has 0 aromatic carbocycles. The van der Waals surface area contributed by atoms with Crippen molar-refractivity contribution < 1.29 is 0 Å². The topological polar surface area (TPSA) is 52.0 Å². The Labute approximate surface area is 131 Å². The van der Waals surface area contributed by atoms with E-state index in [1.807, 2.05) is 12.2 Å². The highest BCUT2D eigenvalue weighted by molar-refractivity contribution is 4.90. The van der Waals surface area contributed by atoms with Crippen LogP contribution in [0.25, 0.3) is 0 Å². The van der Waals surface area contributed by atoms with Gasteiger partial charge >= 0.3 is 0 Å². The molecule has 0 aromatic rings. The van der Waals surface area contributed by atoms with E-state index in [-0.39, 0.29) is 0 Å². The van der Waals surface area contributed by atoms with Gasteiger partial charge in [0.25, 0.3) is 0 Å². The molecule has 2 aliphatic rings. The van der Waals surface area contributed by atoms with Gasteiger partial charge in [0.15, 0.2) is 0 Å². The molecule has 0 spiro atoms. The molecule has 6 unspecified atom stereocenters. The Bertz CT molecular complexity index is 306. The standard InChI is InChI=1S/C19H34N2/c1-3-5-16-12-14(7-9-18(16)20)11-15-8-10-19(21)17(13-15)6-4-2/h3-4,14-19H,1-2,5-13,20-21H2. The summed E-state index contributed by atoms with van der Waals surface area (Å²) >= 11 is 0. The van der Waals surface area contributed by atoms with Gasteiger partial charge in [0.05, 0.1) is 0 Å². The first-order chi connectivity index (χ1) is 10.1. The quantitative estimate of drug-likeness (QED) is 0.726. The first-order valence-electron chi connectivity index (χ1n) is 8.87. The molecule has 0 heterocycles. The highest BCUT2D eigenvalue weighted by Crippen LogP contribution is 2.39. The van der Waals surface area contributed by atoms with Crippen LogP contribution in [0.15, 0.2) is 25.3 Å². The van der Waals surface area contributed by atoms with Gasteiger partial charge in [0.1, 0.15) is 0 Å². The van der Waals surface area contributed by atoms with E-state index in [1.165, 1.54) is 44.9 Å². The fourth-order valence-electron chi connectivity index (χ4n) is 4.64. The van der Waals surface area contributed by atoms with Gasteiger partial charge < -0.3 is 11.5 Å². The molecule has 2 rings (SSSR count). The third-order valence-electron chi connectivity index (χ3n) is 5.91. The predicted molar refractivity (Wildman–Crippen MR) is 91.9 cm³/mol. The third kappa shape index (κ3) is 4.69. The smallest absolute Gasteiger partial charge is 0.00703 e. The van der Waals surface area contributed by atoms with E-state index in [9.17, 15) is 0 Å². The third-order valence-corrected chi connectivity index (χ3v) is 5.91. The highest BCUT2D eigenvalue weighted by Gasteiger charge is 2.32. The lowest BCUT2D eigenvalue weighted by atomic mass is 9.69. The van der Waals surface area contributed by atoms with Crippen LogP contribution in [0, 0.1) is 23.7 Å². The Balaban J connectivity index is 1.83. The van der Waals surface area contributed by atoms with Crippen molar-refractivity contribution >= 4 is 0 Å². The maximum absolute atomic E-state index is 6.26. The number of hydrogen-bond donors (Lipinski definition) is 2. The summed E-state index contributed by atoms with van der Waals surface area (Å²) in [4.78, 5) is 0. The van der Waals surface area contributed by atoms with Crippen LogP contribution in [0.5, 0.6) is 0 Å². The van der Waals surface area contributed by atoms with Crippen LogP contribution in [0.1, 0.15) is 57.8 Å². The van der Waals surface area contributed by atoms with E-state index < -0.39 is 0 Å².